The molecule has 0 bridgehead atoms. The molecule has 1 unspecified atom stereocenters. The van der Waals surface area contributed by atoms with E-state index in [9.17, 15) is 17.6 Å². The summed E-state index contributed by atoms with van der Waals surface area (Å²) in [6.07, 6.45) is 0.609. The third kappa shape index (κ3) is 3.41. The molecule has 126 valence electrons. The molecular weight excluding hydrogens is 333 g/mol. The summed E-state index contributed by atoms with van der Waals surface area (Å²) in [5, 5.41) is 0. The van der Waals surface area contributed by atoms with Crippen LogP contribution < -0.4 is 9.46 Å². The Balaban J connectivity index is 1.74. The molecule has 0 fully saturated rings. The largest absolute Gasteiger partial charge is 0.493 e. The number of hydrogen-bond acceptors (Lipinski definition) is 4. The van der Waals surface area contributed by atoms with Crippen molar-refractivity contribution in [3.05, 3.63) is 59.9 Å². The number of nitrogens with one attached hydrogen (secondary N) is 1. The zero-order chi connectivity index (χ0) is 17.2. The van der Waals surface area contributed by atoms with Crippen molar-refractivity contribution in [2.45, 2.75) is 23.7 Å². The molecule has 1 atom stereocenters. The van der Waals surface area contributed by atoms with E-state index < -0.39 is 26.6 Å². The van der Waals surface area contributed by atoms with Crippen LogP contribution in [-0.2, 0) is 14.8 Å². The van der Waals surface area contributed by atoms with Crippen molar-refractivity contribution in [2.24, 2.45) is 0 Å². The van der Waals surface area contributed by atoms with Crippen LogP contribution in [0.25, 0.3) is 0 Å². The highest BCUT2D eigenvalue weighted by molar-refractivity contribution is 7.90. The van der Waals surface area contributed by atoms with Gasteiger partial charge in [0.2, 0.25) is 5.91 Å². The van der Waals surface area contributed by atoms with E-state index in [-0.39, 0.29) is 12.3 Å². The molecule has 2 aromatic rings. The fraction of sp³-hybridized carbons (Fsp3) is 0.235. The first-order valence-corrected chi connectivity index (χ1v) is 8.97. The minimum Gasteiger partial charge on any atom is -0.493 e. The Bertz CT molecular complexity index is 866. The lowest BCUT2D eigenvalue weighted by Gasteiger charge is -2.25. The Kier molecular flexibility index (Phi) is 4.53. The summed E-state index contributed by atoms with van der Waals surface area (Å²) in [6, 6.07) is 12.3. The van der Waals surface area contributed by atoms with E-state index in [1.807, 2.05) is 29.0 Å². The molecule has 1 aliphatic rings. The molecule has 3 rings (SSSR count). The van der Waals surface area contributed by atoms with Gasteiger partial charge in [-0.25, -0.2) is 17.5 Å². The first kappa shape index (κ1) is 16.4. The van der Waals surface area contributed by atoms with Gasteiger partial charge in [0.25, 0.3) is 10.0 Å². The van der Waals surface area contributed by atoms with Gasteiger partial charge in [0, 0.05) is 6.42 Å². The molecule has 2 aromatic carbocycles. The van der Waals surface area contributed by atoms with E-state index >= 15 is 0 Å². The second kappa shape index (κ2) is 6.60. The van der Waals surface area contributed by atoms with Crippen LogP contribution in [0.4, 0.5) is 4.39 Å². The van der Waals surface area contributed by atoms with E-state index in [1.54, 1.807) is 0 Å². The van der Waals surface area contributed by atoms with E-state index in [1.165, 1.54) is 12.1 Å². The Morgan fingerprint density at radius 3 is 2.67 bits per heavy atom. The molecule has 1 aliphatic heterocycles. The minimum absolute atomic E-state index is 0.00590. The summed E-state index contributed by atoms with van der Waals surface area (Å²) in [6.45, 7) is 0.467. The van der Waals surface area contributed by atoms with Crippen molar-refractivity contribution in [3.8, 4) is 5.75 Å². The molecule has 0 saturated heterocycles. The van der Waals surface area contributed by atoms with Crippen molar-refractivity contribution in [2.75, 3.05) is 6.61 Å². The maximum Gasteiger partial charge on any atom is 0.266 e. The number of carbonyl (C=O) groups excluding carboxylic acids is 1. The zero-order valence-corrected chi connectivity index (χ0v) is 13.6. The smallest absolute Gasteiger partial charge is 0.266 e. The van der Waals surface area contributed by atoms with E-state index in [4.69, 9.17) is 4.74 Å². The lowest BCUT2D eigenvalue weighted by Crippen LogP contribution is -2.32. The number of ether oxygens (including phenoxy) is 1. The molecule has 0 saturated carbocycles. The number of carbonyl (C=O) groups is 1. The standard InChI is InChI=1S/C17H16FNO4S/c18-14-6-2-4-8-16(14)24(21,22)19-17(20)11-12-9-10-23-15-7-3-1-5-13(12)15/h1-8,12H,9-11H2,(H,19,20). The SMILES string of the molecule is O=C(CC1CCOc2ccccc21)NS(=O)(=O)c1ccccc1F. The predicted octanol–water partition coefficient (Wildman–Crippen LogP) is 2.59. The monoisotopic (exact) mass is 349 g/mol. The van der Waals surface area contributed by atoms with E-state index in [0.29, 0.717) is 18.8 Å². The summed E-state index contributed by atoms with van der Waals surface area (Å²) in [5.74, 6) is -0.988. The molecule has 1 heterocycles. The summed E-state index contributed by atoms with van der Waals surface area (Å²) in [5.41, 5.74) is 0.877. The van der Waals surface area contributed by atoms with E-state index in [2.05, 4.69) is 0 Å². The summed E-state index contributed by atoms with van der Waals surface area (Å²) >= 11 is 0. The number of benzene rings is 2. The number of fused-ring (bicyclic) bond motifs is 1. The molecule has 1 amide bonds. The van der Waals surface area contributed by atoms with Crippen LogP contribution in [0, 0.1) is 5.82 Å². The van der Waals surface area contributed by atoms with Crippen LogP contribution >= 0.6 is 0 Å². The fourth-order valence-electron chi connectivity index (χ4n) is 2.76. The molecule has 0 radical (unpaired) electrons. The summed E-state index contributed by atoms with van der Waals surface area (Å²) < 4.78 is 45.4. The van der Waals surface area contributed by atoms with Gasteiger partial charge in [0.15, 0.2) is 0 Å². The number of sulfonamides is 1. The highest BCUT2D eigenvalue weighted by Crippen LogP contribution is 2.35. The quantitative estimate of drug-likeness (QED) is 0.921. The lowest BCUT2D eigenvalue weighted by atomic mass is 9.90. The number of amides is 1. The van der Waals surface area contributed by atoms with Gasteiger partial charge in [-0.3, -0.25) is 4.79 Å². The highest BCUT2D eigenvalue weighted by Gasteiger charge is 2.26. The van der Waals surface area contributed by atoms with Crippen LogP contribution in [0.2, 0.25) is 0 Å². The average Bonchev–Trinajstić information content (AvgIpc) is 2.55. The zero-order valence-electron chi connectivity index (χ0n) is 12.7. The van der Waals surface area contributed by atoms with Gasteiger partial charge in [0.1, 0.15) is 16.5 Å². The van der Waals surface area contributed by atoms with Crippen molar-refractivity contribution >= 4 is 15.9 Å². The van der Waals surface area contributed by atoms with Crippen LogP contribution in [0.15, 0.2) is 53.4 Å². The molecule has 0 aliphatic carbocycles. The van der Waals surface area contributed by atoms with Gasteiger partial charge in [0.05, 0.1) is 6.61 Å². The Morgan fingerprint density at radius 2 is 1.88 bits per heavy atom. The molecule has 5 nitrogen and oxygen atoms in total. The normalized spacial score (nSPS) is 16.8. The number of para-hydroxylation sites is 1. The van der Waals surface area contributed by atoms with Gasteiger partial charge in [-0.1, -0.05) is 30.3 Å². The third-order valence-corrected chi connectivity index (χ3v) is 5.30. The maximum absolute atomic E-state index is 13.6. The first-order chi connectivity index (χ1) is 11.5. The Morgan fingerprint density at radius 1 is 1.17 bits per heavy atom. The molecule has 0 aromatic heterocycles. The lowest BCUT2D eigenvalue weighted by molar-refractivity contribution is -0.119. The Hall–Kier alpha value is -2.41. The average molecular weight is 349 g/mol. The van der Waals surface area contributed by atoms with Crippen molar-refractivity contribution < 1.29 is 22.3 Å². The number of rotatable bonds is 4. The fourth-order valence-corrected chi connectivity index (χ4v) is 3.84. The van der Waals surface area contributed by atoms with Gasteiger partial charge < -0.3 is 4.74 Å². The number of hydrogen-bond donors (Lipinski definition) is 1. The van der Waals surface area contributed by atoms with Crippen molar-refractivity contribution in [1.82, 2.24) is 4.72 Å². The van der Waals surface area contributed by atoms with Crippen LogP contribution in [0.5, 0.6) is 5.75 Å². The summed E-state index contributed by atoms with van der Waals surface area (Å²) in [7, 11) is -4.22. The first-order valence-electron chi connectivity index (χ1n) is 7.49. The van der Waals surface area contributed by atoms with Gasteiger partial charge in [-0.15, -0.1) is 0 Å². The van der Waals surface area contributed by atoms with Crippen molar-refractivity contribution in [1.29, 1.82) is 0 Å². The molecule has 7 heteroatoms. The topological polar surface area (TPSA) is 72.5 Å². The highest BCUT2D eigenvalue weighted by atomic mass is 32.2. The molecule has 24 heavy (non-hydrogen) atoms. The van der Waals surface area contributed by atoms with Gasteiger partial charge >= 0.3 is 0 Å². The molecular formula is C17H16FNO4S. The minimum atomic E-state index is -4.22. The number of halogens is 1. The van der Waals surface area contributed by atoms with Crippen molar-refractivity contribution in [3.63, 3.8) is 0 Å². The maximum atomic E-state index is 13.6. The van der Waals surface area contributed by atoms with Gasteiger partial charge in [-0.2, -0.15) is 0 Å². The Labute approximate surface area is 139 Å². The second-order valence-electron chi connectivity index (χ2n) is 5.54. The predicted molar refractivity (Wildman–Crippen MR) is 85.6 cm³/mol. The van der Waals surface area contributed by atoms with Crippen LogP contribution in [-0.4, -0.2) is 20.9 Å². The third-order valence-electron chi connectivity index (χ3n) is 3.89. The van der Waals surface area contributed by atoms with Gasteiger partial charge in [-0.05, 0) is 36.1 Å². The van der Waals surface area contributed by atoms with Crippen LogP contribution in [0.3, 0.4) is 0 Å². The molecule has 1 N–H and O–H groups in total. The second-order valence-corrected chi connectivity index (χ2v) is 7.19. The summed E-state index contributed by atoms with van der Waals surface area (Å²) in [4.78, 5) is 11.6. The van der Waals surface area contributed by atoms with E-state index in [0.717, 1.165) is 17.7 Å². The van der Waals surface area contributed by atoms with Crippen LogP contribution in [0.1, 0.15) is 24.3 Å². The molecule has 0 spiro atoms.